The van der Waals surface area contributed by atoms with Gasteiger partial charge in [0.2, 0.25) is 0 Å². The molecule has 0 bridgehead atoms. The lowest BCUT2D eigenvalue weighted by molar-refractivity contribution is -0.0648. The molecule has 3 amide bonds. The lowest BCUT2D eigenvalue weighted by Gasteiger charge is -2.36. The molecule has 5 rings (SSSR count). The van der Waals surface area contributed by atoms with Crippen molar-refractivity contribution < 1.29 is 33.4 Å². The third-order valence-electron chi connectivity index (χ3n) is 6.84. The summed E-state index contributed by atoms with van der Waals surface area (Å²) in [6, 6.07) is 24.7. The molecule has 3 aromatic carbocycles. The standard InChI is InChI=1S/C31H28ClN3O7/c1-31(32)25(42-28(38)22-15-9-4-10-16-22)23(19-40-27(37)21-13-7-3-8-14-21)41-29(31)35-18-17-24(34-30(35)39)33-26(36)20-11-5-2-6-12-20/h2-18,23-25,29H,19H2,1H3,(H,33,36)(H,34,39)/t23-,24?,25-,29-,31-/m1/s1. The maximum absolute atomic E-state index is 13.2. The average molecular weight is 590 g/mol. The maximum Gasteiger partial charge on any atom is 0.338 e. The van der Waals surface area contributed by atoms with Gasteiger partial charge < -0.3 is 24.8 Å². The first-order valence-electron chi connectivity index (χ1n) is 13.2. The highest BCUT2D eigenvalue weighted by atomic mass is 35.5. The summed E-state index contributed by atoms with van der Waals surface area (Å²) >= 11 is 6.99. The number of halogens is 1. The molecule has 11 heteroatoms. The first kappa shape index (κ1) is 28.8. The Hall–Kier alpha value is -4.67. The summed E-state index contributed by atoms with van der Waals surface area (Å²) in [6.45, 7) is 1.28. The number of ether oxygens (including phenoxy) is 3. The van der Waals surface area contributed by atoms with E-state index in [-0.39, 0.29) is 12.5 Å². The molecule has 1 unspecified atom stereocenters. The van der Waals surface area contributed by atoms with Gasteiger partial charge in [0.25, 0.3) is 5.91 Å². The van der Waals surface area contributed by atoms with Crippen LogP contribution in [0.25, 0.3) is 0 Å². The molecule has 2 aliphatic heterocycles. The number of carbonyl (C=O) groups is 4. The average Bonchev–Trinajstić information content (AvgIpc) is 3.25. The molecule has 1 fully saturated rings. The highest BCUT2D eigenvalue weighted by Gasteiger charge is 2.58. The summed E-state index contributed by atoms with van der Waals surface area (Å²) in [6.07, 6.45) is -1.04. The third kappa shape index (κ3) is 6.29. The summed E-state index contributed by atoms with van der Waals surface area (Å²) < 4.78 is 17.5. The number of esters is 2. The maximum atomic E-state index is 13.2. The first-order chi connectivity index (χ1) is 20.2. The molecule has 0 aliphatic carbocycles. The topological polar surface area (TPSA) is 123 Å². The van der Waals surface area contributed by atoms with Gasteiger partial charge in [-0.25, -0.2) is 14.4 Å². The zero-order valence-corrected chi connectivity index (χ0v) is 23.3. The summed E-state index contributed by atoms with van der Waals surface area (Å²) in [4.78, 5) is 51.1. The zero-order chi connectivity index (χ0) is 29.7. The van der Waals surface area contributed by atoms with Gasteiger partial charge in [0.05, 0.1) is 11.1 Å². The summed E-state index contributed by atoms with van der Waals surface area (Å²) in [5.74, 6) is -1.62. The molecule has 2 aliphatic rings. The molecule has 0 spiro atoms. The number of benzene rings is 3. The van der Waals surface area contributed by atoms with E-state index in [2.05, 4.69) is 10.6 Å². The number of amides is 3. The quantitative estimate of drug-likeness (QED) is 0.300. The van der Waals surface area contributed by atoms with Crippen molar-refractivity contribution in [3.05, 3.63) is 120 Å². The lowest BCUT2D eigenvalue weighted by atomic mass is 9.99. The molecule has 216 valence electrons. The summed E-state index contributed by atoms with van der Waals surface area (Å²) in [5.41, 5.74) is 1.06. The second kappa shape index (κ2) is 12.5. The van der Waals surface area contributed by atoms with Crippen LogP contribution in [0.4, 0.5) is 4.79 Å². The SMILES string of the molecule is C[C@@]1(Cl)[C@H](OC(=O)c2ccccc2)[C@@H](COC(=O)c2ccccc2)O[C@H]1N1C=CC(NC(=O)c2ccccc2)NC1=O. The van der Waals surface area contributed by atoms with E-state index in [9.17, 15) is 19.2 Å². The van der Waals surface area contributed by atoms with Gasteiger partial charge in [-0.05, 0) is 49.4 Å². The van der Waals surface area contributed by atoms with Crippen LogP contribution in [0, 0.1) is 0 Å². The van der Waals surface area contributed by atoms with Crippen LogP contribution < -0.4 is 10.6 Å². The van der Waals surface area contributed by atoms with Crippen molar-refractivity contribution in [3.8, 4) is 0 Å². The van der Waals surface area contributed by atoms with E-state index < -0.39 is 47.4 Å². The van der Waals surface area contributed by atoms with Gasteiger partial charge in [-0.3, -0.25) is 9.69 Å². The molecule has 10 nitrogen and oxygen atoms in total. The fourth-order valence-electron chi connectivity index (χ4n) is 4.69. The van der Waals surface area contributed by atoms with Gasteiger partial charge in [-0.2, -0.15) is 0 Å². The monoisotopic (exact) mass is 589 g/mol. The van der Waals surface area contributed by atoms with E-state index in [0.29, 0.717) is 16.7 Å². The minimum atomic E-state index is -1.46. The Morgan fingerprint density at radius 3 is 2.02 bits per heavy atom. The van der Waals surface area contributed by atoms with E-state index in [4.69, 9.17) is 25.8 Å². The molecule has 5 atom stereocenters. The smallest absolute Gasteiger partial charge is 0.338 e. The second-order valence-corrected chi connectivity index (χ2v) is 10.7. The van der Waals surface area contributed by atoms with Crippen molar-refractivity contribution in [2.45, 2.75) is 36.4 Å². The Kier molecular flexibility index (Phi) is 8.56. The Bertz CT molecular complexity index is 1470. The molecule has 3 aromatic rings. The number of hydrogen-bond acceptors (Lipinski definition) is 7. The van der Waals surface area contributed by atoms with Crippen LogP contribution in [0.2, 0.25) is 0 Å². The molecule has 0 radical (unpaired) electrons. The van der Waals surface area contributed by atoms with Crippen LogP contribution in [0.1, 0.15) is 38.0 Å². The van der Waals surface area contributed by atoms with E-state index in [1.165, 1.54) is 11.1 Å². The molecule has 2 N–H and O–H groups in total. The molecular weight excluding hydrogens is 562 g/mol. The first-order valence-corrected chi connectivity index (χ1v) is 13.6. The number of nitrogens with one attached hydrogen (secondary N) is 2. The van der Waals surface area contributed by atoms with Gasteiger partial charge in [0.15, 0.2) is 12.3 Å². The van der Waals surface area contributed by atoms with Crippen molar-refractivity contribution >= 4 is 35.5 Å². The largest absolute Gasteiger partial charge is 0.459 e. The molecule has 0 aromatic heterocycles. The summed E-state index contributed by atoms with van der Waals surface area (Å²) in [7, 11) is 0. The second-order valence-electron chi connectivity index (χ2n) is 9.85. The van der Waals surface area contributed by atoms with E-state index in [0.717, 1.165) is 0 Å². The molecule has 42 heavy (non-hydrogen) atoms. The molecule has 1 saturated heterocycles. The zero-order valence-electron chi connectivity index (χ0n) is 22.5. The van der Waals surface area contributed by atoms with Gasteiger partial charge in [-0.15, -0.1) is 11.6 Å². The number of carbonyl (C=O) groups excluding carboxylic acids is 4. The molecule has 2 heterocycles. The van der Waals surface area contributed by atoms with E-state index >= 15 is 0 Å². The Labute approximate surface area is 247 Å². The predicted molar refractivity (Wildman–Crippen MR) is 152 cm³/mol. The van der Waals surface area contributed by atoms with Crippen LogP contribution in [-0.2, 0) is 14.2 Å². The fourth-order valence-corrected chi connectivity index (χ4v) is 5.03. The highest BCUT2D eigenvalue weighted by molar-refractivity contribution is 6.25. The minimum absolute atomic E-state index is 0.293. The third-order valence-corrected chi connectivity index (χ3v) is 7.24. The van der Waals surface area contributed by atoms with Crippen LogP contribution in [0.3, 0.4) is 0 Å². The number of urea groups is 1. The van der Waals surface area contributed by atoms with Gasteiger partial charge in [0.1, 0.15) is 23.8 Å². The predicted octanol–water partition coefficient (Wildman–Crippen LogP) is 4.09. The van der Waals surface area contributed by atoms with Crippen molar-refractivity contribution in [3.63, 3.8) is 0 Å². The highest BCUT2D eigenvalue weighted by Crippen LogP contribution is 2.41. The van der Waals surface area contributed by atoms with Crippen molar-refractivity contribution in [2.24, 2.45) is 0 Å². The van der Waals surface area contributed by atoms with Crippen molar-refractivity contribution in [1.29, 1.82) is 0 Å². The normalized spacial score (nSPS) is 24.9. The fraction of sp³-hybridized carbons (Fsp3) is 0.226. The number of hydrogen-bond donors (Lipinski definition) is 2. The Morgan fingerprint density at radius 2 is 1.45 bits per heavy atom. The van der Waals surface area contributed by atoms with E-state index in [1.807, 2.05) is 0 Å². The molecular formula is C31H28ClN3O7. The number of alkyl halides is 1. The van der Waals surface area contributed by atoms with Crippen LogP contribution >= 0.6 is 11.6 Å². The van der Waals surface area contributed by atoms with Gasteiger partial charge in [-0.1, -0.05) is 54.6 Å². The summed E-state index contributed by atoms with van der Waals surface area (Å²) in [5, 5.41) is 5.41. The number of nitrogens with zero attached hydrogens (tertiary/aromatic N) is 1. The Morgan fingerprint density at radius 1 is 0.905 bits per heavy atom. The van der Waals surface area contributed by atoms with Crippen LogP contribution in [0.15, 0.2) is 103 Å². The molecule has 0 saturated carbocycles. The Balaban J connectivity index is 1.33. The minimum Gasteiger partial charge on any atom is -0.459 e. The number of rotatable bonds is 8. The van der Waals surface area contributed by atoms with Crippen molar-refractivity contribution in [2.75, 3.05) is 6.61 Å². The van der Waals surface area contributed by atoms with Crippen molar-refractivity contribution in [1.82, 2.24) is 15.5 Å². The lowest BCUT2D eigenvalue weighted by Crippen LogP contribution is -2.59. The van der Waals surface area contributed by atoms with E-state index in [1.54, 1.807) is 104 Å². The van der Waals surface area contributed by atoms with Crippen LogP contribution in [0.5, 0.6) is 0 Å². The van der Waals surface area contributed by atoms with Gasteiger partial charge in [0, 0.05) is 11.8 Å². The van der Waals surface area contributed by atoms with Crippen LogP contribution in [-0.4, -0.2) is 64.9 Å². The van der Waals surface area contributed by atoms with Gasteiger partial charge >= 0.3 is 18.0 Å².